The lowest BCUT2D eigenvalue weighted by atomic mass is 10.1. The lowest BCUT2D eigenvalue weighted by Crippen LogP contribution is -2.38. The molecule has 0 aromatic heterocycles. The first-order chi connectivity index (χ1) is 6.69. The fourth-order valence-electron chi connectivity index (χ4n) is 1.83. The van der Waals surface area contributed by atoms with Gasteiger partial charge in [0.2, 0.25) is 5.91 Å². The maximum absolute atomic E-state index is 11.8. The molecule has 80 valence electrons. The molecule has 1 N–H and O–H groups in total. The average Bonchev–Trinajstić information content (AvgIpc) is 2.65. The average molecular weight is 197 g/mol. The van der Waals surface area contributed by atoms with Crippen LogP contribution >= 0.6 is 0 Å². The van der Waals surface area contributed by atoms with Gasteiger partial charge in [0.1, 0.15) is 0 Å². The first-order valence-electron chi connectivity index (χ1n) is 5.22. The van der Waals surface area contributed by atoms with E-state index in [1.165, 1.54) is 0 Å². The Morgan fingerprint density at radius 2 is 2.50 bits per heavy atom. The standard InChI is InChI=1S/C11H19NO2/c1-3-9(2)7-11(14)12-6-4-5-10(12)8-13/h3,9-10,13H,1,4-8H2,2H3/t9?,10-/m0/s1. The molecule has 1 heterocycles. The molecule has 2 atom stereocenters. The van der Waals surface area contributed by atoms with Crippen molar-refractivity contribution in [1.29, 1.82) is 0 Å². The maximum atomic E-state index is 11.8. The van der Waals surface area contributed by atoms with E-state index < -0.39 is 0 Å². The van der Waals surface area contributed by atoms with Gasteiger partial charge in [-0.25, -0.2) is 0 Å². The van der Waals surface area contributed by atoms with E-state index >= 15 is 0 Å². The van der Waals surface area contributed by atoms with E-state index in [4.69, 9.17) is 5.11 Å². The molecule has 0 aliphatic carbocycles. The van der Waals surface area contributed by atoms with Gasteiger partial charge in [0.15, 0.2) is 0 Å². The monoisotopic (exact) mass is 197 g/mol. The number of allylic oxidation sites excluding steroid dienone is 1. The Bertz CT molecular complexity index is 215. The molecule has 1 rings (SSSR count). The molecule has 0 bridgehead atoms. The van der Waals surface area contributed by atoms with Crippen molar-refractivity contribution < 1.29 is 9.90 Å². The molecule has 0 aromatic rings. The van der Waals surface area contributed by atoms with Crippen LogP contribution in [-0.2, 0) is 4.79 Å². The van der Waals surface area contributed by atoms with Crippen molar-refractivity contribution >= 4 is 5.91 Å². The Kier molecular flexibility index (Phi) is 4.14. The van der Waals surface area contributed by atoms with Gasteiger partial charge < -0.3 is 10.0 Å². The molecule has 3 heteroatoms. The predicted octanol–water partition coefficient (Wildman–Crippen LogP) is 1.18. The number of hydrogen-bond donors (Lipinski definition) is 1. The van der Waals surface area contributed by atoms with Gasteiger partial charge >= 0.3 is 0 Å². The van der Waals surface area contributed by atoms with Crippen molar-refractivity contribution in [2.45, 2.75) is 32.2 Å². The summed E-state index contributed by atoms with van der Waals surface area (Å²) in [6.45, 7) is 6.53. The summed E-state index contributed by atoms with van der Waals surface area (Å²) in [5.74, 6) is 0.372. The first-order valence-corrected chi connectivity index (χ1v) is 5.22. The van der Waals surface area contributed by atoms with Gasteiger partial charge in [0.05, 0.1) is 12.6 Å². The number of likely N-dealkylation sites (tertiary alicyclic amines) is 1. The van der Waals surface area contributed by atoms with Crippen LogP contribution in [0.5, 0.6) is 0 Å². The third kappa shape index (κ3) is 2.58. The summed E-state index contributed by atoms with van der Waals surface area (Å²) in [4.78, 5) is 13.6. The van der Waals surface area contributed by atoms with E-state index in [9.17, 15) is 4.79 Å². The predicted molar refractivity (Wildman–Crippen MR) is 55.8 cm³/mol. The molecule has 1 amide bonds. The second kappa shape index (κ2) is 5.15. The number of aliphatic hydroxyl groups is 1. The highest BCUT2D eigenvalue weighted by atomic mass is 16.3. The molecule has 0 saturated carbocycles. The summed E-state index contributed by atoms with van der Waals surface area (Å²) in [5.41, 5.74) is 0. The van der Waals surface area contributed by atoms with Gasteiger partial charge in [-0.1, -0.05) is 13.0 Å². The van der Waals surface area contributed by atoms with Gasteiger partial charge in [-0.15, -0.1) is 6.58 Å². The molecular formula is C11H19NO2. The first kappa shape index (κ1) is 11.2. The molecule has 3 nitrogen and oxygen atoms in total. The van der Waals surface area contributed by atoms with Crippen LogP contribution in [0, 0.1) is 5.92 Å². The molecule has 0 aromatic carbocycles. The Labute approximate surface area is 85.4 Å². The third-order valence-electron chi connectivity index (χ3n) is 2.81. The van der Waals surface area contributed by atoms with Crippen LogP contribution in [0.3, 0.4) is 0 Å². The smallest absolute Gasteiger partial charge is 0.223 e. The Morgan fingerprint density at radius 3 is 3.07 bits per heavy atom. The maximum Gasteiger partial charge on any atom is 0.223 e. The van der Waals surface area contributed by atoms with Crippen LogP contribution < -0.4 is 0 Å². The molecule has 1 fully saturated rings. The van der Waals surface area contributed by atoms with Crippen molar-refractivity contribution in [2.75, 3.05) is 13.2 Å². The van der Waals surface area contributed by atoms with E-state index in [1.807, 2.05) is 6.92 Å². The zero-order chi connectivity index (χ0) is 10.6. The topological polar surface area (TPSA) is 40.5 Å². The second-order valence-electron chi connectivity index (χ2n) is 3.98. The lowest BCUT2D eigenvalue weighted by molar-refractivity contribution is -0.133. The summed E-state index contributed by atoms with van der Waals surface area (Å²) in [6.07, 6.45) is 4.26. The minimum atomic E-state index is 0.0551. The van der Waals surface area contributed by atoms with Crippen molar-refractivity contribution in [2.24, 2.45) is 5.92 Å². The molecule has 1 aliphatic heterocycles. The number of nitrogens with zero attached hydrogens (tertiary/aromatic N) is 1. The SMILES string of the molecule is C=CC(C)CC(=O)N1CCC[C@H]1CO. The van der Waals surface area contributed by atoms with Crippen LogP contribution in [0.15, 0.2) is 12.7 Å². The van der Waals surface area contributed by atoms with Crippen molar-refractivity contribution in [3.63, 3.8) is 0 Å². The zero-order valence-corrected chi connectivity index (χ0v) is 8.78. The number of carbonyl (C=O) groups is 1. The highest BCUT2D eigenvalue weighted by Gasteiger charge is 2.27. The van der Waals surface area contributed by atoms with Gasteiger partial charge in [0.25, 0.3) is 0 Å². The highest BCUT2D eigenvalue weighted by molar-refractivity contribution is 5.77. The van der Waals surface area contributed by atoms with E-state index in [0.717, 1.165) is 19.4 Å². The summed E-state index contributed by atoms with van der Waals surface area (Å²) in [7, 11) is 0. The summed E-state index contributed by atoms with van der Waals surface area (Å²) < 4.78 is 0. The van der Waals surface area contributed by atoms with E-state index in [2.05, 4.69) is 6.58 Å². The van der Waals surface area contributed by atoms with Crippen LogP contribution in [0.25, 0.3) is 0 Å². The van der Waals surface area contributed by atoms with Crippen LogP contribution in [0.4, 0.5) is 0 Å². The van der Waals surface area contributed by atoms with Gasteiger partial charge in [-0.05, 0) is 18.8 Å². The van der Waals surface area contributed by atoms with Gasteiger partial charge in [-0.3, -0.25) is 4.79 Å². The second-order valence-corrected chi connectivity index (χ2v) is 3.98. The molecular weight excluding hydrogens is 178 g/mol. The van der Waals surface area contributed by atoms with Gasteiger partial charge in [0, 0.05) is 13.0 Å². The van der Waals surface area contributed by atoms with Crippen molar-refractivity contribution in [3.8, 4) is 0 Å². The molecule has 1 saturated heterocycles. The fraction of sp³-hybridized carbons (Fsp3) is 0.727. The zero-order valence-electron chi connectivity index (χ0n) is 8.78. The van der Waals surface area contributed by atoms with Crippen LogP contribution in [-0.4, -0.2) is 35.1 Å². The Morgan fingerprint density at radius 1 is 1.79 bits per heavy atom. The number of carbonyl (C=O) groups excluding carboxylic acids is 1. The summed E-state index contributed by atoms with van der Waals surface area (Å²) >= 11 is 0. The van der Waals surface area contributed by atoms with Crippen molar-refractivity contribution in [1.82, 2.24) is 4.90 Å². The number of rotatable bonds is 4. The Balaban J connectivity index is 2.47. The third-order valence-corrected chi connectivity index (χ3v) is 2.81. The normalized spacial score (nSPS) is 23.6. The number of hydrogen-bond acceptors (Lipinski definition) is 2. The fourth-order valence-corrected chi connectivity index (χ4v) is 1.83. The van der Waals surface area contributed by atoms with Crippen LogP contribution in [0.2, 0.25) is 0 Å². The molecule has 14 heavy (non-hydrogen) atoms. The van der Waals surface area contributed by atoms with E-state index in [0.29, 0.717) is 6.42 Å². The molecule has 0 spiro atoms. The van der Waals surface area contributed by atoms with Gasteiger partial charge in [-0.2, -0.15) is 0 Å². The number of aliphatic hydroxyl groups excluding tert-OH is 1. The molecule has 1 unspecified atom stereocenters. The van der Waals surface area contributed by atoms with Crippen LogP contribution in [0.1, 0.15) is 26.2 Å². The number of amides is 1. The summed E-state index contributed by atoms with van der Waals surface area (Å²) in [6, 6.07) is 0.0551. The lowest BCUT2D eigenvalue weighted by Gasteiger charge is -2.23. The largest absolute Gasteiger partial charge is 0.394 e. The highest BCUT2D eigenvalue weighted by Crippen LogP contribution is 2.19. The van der Waals surface area contributed by atoms with E-state index in [-0.39, 0.29) is 24.5 Å². The quantitative estimate of drug-likeness (QED) is 0.687. The Hall–Kier alpha value is -0.830. The minimum Gasteiger partial charge on any atom is -0.394 e. The molecule has 0 radical (unpaired) electrons. The summed E-state index contributed by atoms with van der Waals surface area (Å²) in [5, 5.41) is 9.06. The molecule has 1 aliphatic rings. The van der Waals surface area contributed by atoms with Crippen molar-refractivity contribution in [3.05, 3.63) is 12.7 Å². The van der Waals surface area contributed by atoms with E-state index in [1.54, 1.807) is 11.0 Å². The minimum absolute atomic E-state index is 0.0551.